The minimum absolute atomic E-state index is 0.232. The van der Waals surface area contributed by atoms with E-state index in [4.69, 9.17) is 10.00 Å². The molecule has 0 saturated carbocycles. The Bertz CT molecular complexity index is 1180. The van der Waals surface area contributed by atoms with E-state index in [0.717, 1.165) is 11.3 Å². The third-order valence-electron chi connectivity index (χ3n) is 4.31. The second-order valence-electron chi connectivity index (χ2n) is 7.31. The monoisotopic (exact) mass is 419 g/mol. The van der Waals surface area contributed by atoms with Gasteiger partial charge in [0.25, 0.3) is 0 Å². The first-order chi connectivity index (χ1) is 14.7. The summed E-state index contributed by atoms with van der Waals surface area (Å²) < 4.78 is 7.60. The smallest absolute Gasteiger partial charge is 0.327 e. The highest BCUT2D eigenvalue weighted by molar-refractivity contribution is 6.03. The minimum Gasteiger partial charge on any atom is -0.455 e. The molecule has 3 aromatic heterocycles. The van der Waals surface area contributed by atoms with Gasteiger partial charge in [-0.2, -0.15) is 10.4 Å². The molecule has 10 nitrogen and oxygen atoms in total. The Morgan fingerprint density at radius 2 is 2.03 bits per heavy atom. The van der Waals surface area contributed by atoms with E-state index in [1.807, 2.05) is 19.3 Å². The Morgan fingerprint density at radius 1 is 1.26 bits per heavy atom. The quantitative estimate of drug-likeness (QED) is 0.648. The first kappa shape index (κ1) is 21.4. The van der Waals surface area contributed by atoms with Gasteiger partial charge in [0.2, 0.25) is 5.91 Å². The van der Waals surface area contributed by atoms with E-state index >= 15 is 0 Å². The fourth-order valence-electron chi connectivity index (χ4n) is 2.50. The van der Waals surface area contributed by atoms with Crippen LogP contribution in [0.1, 0.15) is 19.5 Å². The number of pyridine rings is 2. The van der Waals surface area contributed by atoms with Gasteiger partial charge in [-0.3, -0.25) is 25.1 Å². The summed E-state index contributed by atoms with van der Waals surface area (Å²) in [6.45, 7) is 4.57. The summed E-state index contributed by atoms with van der Waals surface area (Å²) in [5.41, 5.74) is 0.789. The molecule has 0 radical (unpaired) electrons. The maximum Gasteiger partial charge on any atom is 0.327 e. The number of aromatic nitrogens is 4. The number of nitriles is 1. The highest BCUT2D eigenvalue weighted by atomic mass is 16.5. The third-order valence-corrected chi connectivity index (χ3v) is 4.31. The van der Waals surface area contributed by atoms with Crippen LogP contribution in [0.3, 0.4) is 0 Å². The summed E-state index contributed by atoms with van der Waals surface area (Å²) in [6.07, 6.45) is 5.21. The van der Waals surface area contributed by atoms with Crippen LogP contribution in [0.4, 0.5) is 10.6 Å². The van der Waals surface area contributed by atoms with Crippen molar-refractivity contribution in [2.75, 3.05) is 5.32 Å². The number of amides is 3. The van der Waals surface area contributed by atoms with Gasteiger partial charge >= 0.3 is 6.03 Å². The van der Waals surface area contributed by atoms with Crippen LogP contribution >= 0.6 is 0 Å². The standard InChI is InChI=1S/C21H21N7O3/c1-13-17(31-15-7-8-23-16(9-15)14-10-24-28(4)11-14)5-6-18(25-13)26-20(30)27-19(29)21(2,3)12-22/h5-11H,1-4H3,(H2,25,26,27,29,30). The molecule has 158 valence electrons. The Morgan fingerprint density at radius 3 is 2.68 bits per heavy atom. The van der Waals surface area contributed by atoms with E-state index in [2.05, 4.69) is 25.7 Å². The molecule has 0 spiro atoms. The normalized spacial score (nSPS) is 10.8. The van der Waals surface area contributed by atoms with Gasteiger partial charge in [0.15, 0.2) is 0 Å². The first-order valence-electron chi connectivity index (χ1n) is 9.32. The fraction of sp³-hybridized carbons (Fsp3) is 0.238. The summed E-state index contributed by atoms with van der Waals surface area (Å²) in [5, 5.41) is 17.7. The van der Waals surface area contributed by atoms with Crippen LogP contribution in [-0.4, -0.2) is 31.7 Å². The second-order valence-corrected chi connectivity index (χ2v) is 7.31. The van der Waals surface area contributed by atoms with Gasteiger partial charge in [-0.05, 0) is 39.0 Å². The van der Waals surface area contributed by atoms with Gasteiger partial charge in [-0.1, -0.05) is 0 Å². The van der Waals surface area contributed by atoms with E-state index in [9.17, 15) is 9.59 Å². The highest BCUT2D eigenvalue weighted by Crippen LogP contribution is 2.27. The van der Waals surface area contributed by atoms with Crippen LogP contribution in [0.25, 0.3) is 11.3 Å². The average Bonchev–Trinajstić information content (AvgIpc) is 3.16. The predicted molar refractivity (Wildman–Crippen MR) is 112 cm³/mol. The van der Waals surface area contributed by atoms with E-state index in [0.29, 0.717) is 17.2 Å². The van der Waals surface area contributed by atoms with Gasteiger partial charge in [-0.15, -0.1) is 0 Å². The lowest BCUT2D eigenvalue weighted by molar-refractivity contribution is -0.125. The molecule has 0 aromatic carbocycles. The molecule has 0 saturated heterocycles. The average molecular weight is 419 g/mol. The van der Waals surface area contributed by atoms with Crippen LogP contribution in [-0.2, 0) is 11.8 Å². The Hall–Kier alpha value is -4.26. The Balaban J connectivity index is 1.68. The third kappa shape index (κ3) is 5.22. The number of ether oxygens (including phenoxy) is 1. The number of anilines is 1. The molecular weight excluding hydrogens is 398 g/mol. The molecule has 0 aliphatic rings. The van der Waals surface area contributed by atoms with Crippen molar-refractivity contribution >= 4 is 17.8 Å². The summed E-state index contributed by atoms with van der Waals surface area (Å²) in [6, 6.07) is 7.77. The van der Waals surface area contributed by atoms with Crippen molar-refractivity contribution in [1.82, 2.24) is 25.1 Å². The van der Waals surface area contributed by atoms with Gasteiger partial charge in [0.05, 0.1) is 23.7 Å². The van der Waals surface area contributed by atoms with E-state index in [1.54, 1.807) is 48.3 Å². The SMILES string of the molecule is Cc1nc(NC(=O)NC(=O)C(C)(C)C#N)ccc1Oc1ccnc(-c2cnn(C)c2)c1. The topological polar surface area (TPSA) is 135 Å². The van der Waals surface area contributed by atoms with Crippen molar-refractivity contribution in [2.24, 2.45) is 12.5 Å². The summed E-state index contributed by atoms with van der Waals surface area (Å²) in [7, 11) is 1.83. The number of aryl methyl sites for hydroxylation is 2. The van der Waals surface area contributed by atoms with Crippen LogP contribution in [0.15, 0.2) is 42.9 Å². The van der Waals surface area contributed by atoms with Crippen LogP contribution in [0.2, 0.25) is 0 Å². The number of nitrogens with zero attached hydrogens (tertiary/aromatic N) is 5. The fourth-order valence-corrected chi connectivity index (χ4v) is 2.50. The molecule has 10 heteroatoms. The van der Waals surface area contributed by atoms with E-state index in [1.165, 1.54) is 13.8 Å². The molecule has 3 rings (SSSR count). The van der Waals surface area contributed by atoms with E-state index < -0.39 is 17.4 Å². The van der Waals surface area contributed by atoms with Crippen molar-refractivity contribution in [3.63, 3.8) is 0 Å². The number of nitrogens with one attached hydrogen (secondary N) is 2. The molecule has 0 aliphatic heterocycles. The number of carbonyl (C=O) groups is 2. The van der Waals surface area contributed by atoms with E-state index in [-0.39, 0.29) is 5.82 Å². The van der Waals surface area contributed by atoms with Crippen molar-refractivity contribution in [3.8, 4) is 28.8 Å². The van der Waals surface area contributed by atoms with Crippen molar-refractivity contribution in [1.29, 1.82) is 5.26 Å². The number of hydrogen-bond acceptors (Lipinski definition) is 7. The predicted octanol–water partition coefficient (Wildman–Crippen LogP) is 3.18. The minimum atomic E-state index is -1.32. The first-order valence-corrected chi connectivity index (χ1v) is 9.32. The maximum atomic E-state index is 12.0. The molecule has 3 heterocycles. The zero-order chi connectivity index (χ0) is 22.6. The number of carbonyl (C=O) groups excluding carboxylic acids is 2. The molecule has 0 fully saturated rings. The van der Waals surface area contributed by atoms with Gasteiger partial charge in [0, 0.05) is 31.1 Å². The lowest BCUT2D eigenvalue weighted by Gasteiger charge is -2.15. The van der Waals surface area contributed by atoms with Gasteiger partial charge in [-0.25, -0.2) is 9.78 Å². The Kier molecular flexibility index (Phi) is 5.97. The maximum absolute atomic E-state index is 12.0. The molecule has 3 amide bonds. The summed E-state index contributed by atoms with van der Waals surface area (Å²) in [5.74, 6) is 0.597. The summed E-state index contributed by atoms with van der Waals surface area (Å²) >= 11 is 0. The number of rotatable bonds is 5. The molecule has 0 unspecified atom stereocenters. The zero-order valence-electron chi connectivity index (χ0n) is 17.5. The molecule has 31 heavy (non-hydrogen) atoms. The molecular formula is C21H21N7O3. The molecule has 0 bridgehead atoms. The molecule has 0 aliphatic carbocycles. The largest absolute Gasteiger partial charge is 0.455 e. The molecule has 3 aromatic rings. The number of hydrogen-bond donors (Lipinski definition) is 2. The van der Waals surface area contributed by atoms with Crippen LogP contribution in [0.5, 0.6) is 11.5 Å². The molecule has 0 atom stereocenters. The highest BCUT2D eigenvalue weighted by Gasteiger charge is 2.28. The Labute approximate surface area is 178 Å². The van der Waals surface area contributed by atoms with Gasteiger partial charge in [0.1, 0.15) is 22.7 Å². The second kappa shape index (κ2) is 8.62. The van der Waals surface area contributed by atoms with Crippen LogP contribution in [0, 0.1) is 23.7 Å². The lowest BCUT2D eigenvalue weighted by atomic mass is 9.95. The zero-order valence-corrected chi connectivity index (χ0v) is 17.5. The number of urea groups is 1. The summed E-state index contributed by atoms with van der Waals surface area (Å²) in [4.78, 5) is 32.5. The lowest BCUT2D eigenvalue weighted by Crippen LogP contribution is -2.42. The van der Waals surface area contributed by atoms with Gasteiger partial charge < -0.3 is 4.74 Å². The van der Waals surface area contributed by atoms with Crippen molar-refractivity contribution < 1.29 is 14.3 Å². The van der Waals surface area contributed by atoms with Crippen molar-refractivity contribution in [2.45, 2.75) is 20.8 Å². The molecule has 2 N–H and O–H groups in total. The van der Waals surface area contributed by atoms with Crippen molar-refractivity contribution in [3.05, 3.63) is 48.5 Å². The number of imide groups is 1. The van der Waals surface area contributed by atoms with Crippen LogP contribution < -0.4 is 15.4 Å².